The molecule has 5 heteroatoms. The highest BCUT2D eigenvalue weighted by molar-refractivity contribution is 7.80. The molecule has 1 aromatic rings. The molecule has 0 aliphatic carbocycles. The van der Waals surface area contributed by atoms with Gasteiger partial charge in [0.2, 0.25) is 5.91 Å². The summed E-state index contributed by atoms with van der Waals surface area (Å²) in [6.07, 6.45) is 0.790. The van der Waals surface area contributed by atoms with E-state index < -0.39 is 5.41 Å². The fourth-order valence-electron chi connectivity index (χ4n) is 2.50. The summed E-state index contributed by atoms with van der Waals surface area (Å²) in [5.41, 5.74) is 13.7. The molecule has 0 saturated carbocycles. The summed E-state index contributed by atoms with van der Waals surface area (Å²) in [7, 11) is 0. The number of primary amides is 1. The summed E-state index contributed by atoms with van der Waals surface area (Å²) in [5.74, 6) is -0.230. The second kappa shape index (κ2) is 4.81. The van der Waals surface area contributed by atoms with E-state index in [1.54, 1.807) is 0 Å². The third kappa shape index (κ3) is 2.56. The number of thiocarbonyl (C=S) groups is 1. The van der Waals surface area contributed by atoms with Crippen LogP contribution in [0.4, 0.5) is 5.69 Å². The lowest BCUT2D eigenvalue weighted by Crippen LogP contribution is -2.37. The maximum absolute atomic E-state index is 11.5. The molecule has 102 valence electrons. The quantitative estimate of drug-likeness (QED) is 0.818. The van der Waals surface area contributed by atoms with Crippen molar-refractivity contribution in [1.29, 1.82) is 0 Å². The Bertz CT molecular complexity index is 543. The Hall–Kier alpha value is -1.62. The largest absolute Gasteiger partial charge is 0.389 e. The third-order valence-electron chi connectivity index (χ3n) is 3.91. The van der Waals surface area contributed by atoms with Crippen LogP contribution in [0, 0.1) is 12.3 Å². The molecule has 1 amide bonds. The Morgan fingerprint density at radius 3 is 2.58 bits per heavy atom. The lowest BCUT2D eigenvalue weighted by atomic mass is 9.89. The number of aryl methyl sites for hydroxylation is 1. The van der Waals surface area contributed by atoms with E-state index in [1.807, 2.05) is 26.0 Å². The van der Waals surface area contributed by atoms with Gasteiger partial charge in [0, 0.05) is 24.3 Å². The van der Waals surface area contributed by atoms with Crippen LogP contribution < -0.4 is 16.4 Å². The maximum atomic E-state index is 11.5. The average molecular weight is 277 g/mol. The number of amides is 1. The van der Waals surface area contributed by atoms with Crippen LogP contribution in [0.15, 0.2) is 18.2 Å². The monoisotopic (exact) mass is 277 g/mol. The minimum Gasteiger partial charge on any atom is -0.389 e. The number of carbonyl (C=O) groups is 1. The number of hydrogen-bond donors (Lipinski definition) is 2. The predicted octanol–water partition coefficient (Wildman–Crippen LogP) is 1.33. The molecule has 1 atom stereocenters. The van der Waals surface area contributed by atoms with Crippen molar-refractivity contribution in [3.63, 3.8) is 0 Å². The van der Waals surface area contributed by atoms with E-state index in [0.717, 1.165) is 29.8 Å². The second-order valence-corrected chi connectivity index (χ2v) is 5.90. The molecule has 1 aliphatic rings. The first kappa shape index (κ1) is 13.8. The van der Waals surface area contributed by atoms with Gasteiger partial charge in [-0.1, -0.05) is 12.2 Å². The first-order valence-electron chi connectivity index (χ1n) is 6.29. The van der Waals surface area contributed by atoms with Crippen molar-refractivity contribution in [1.82, 2.24) is 0 Å². The van der Waals surface area contributed by atoms with Gasteiger partial charge in [-0.15, -0.1) is 0 Å². The van der Waals surface area contributed by atoms with Crippen molar-refractivity contribution >= 4 is 28.8 Å². The van der Waals surface area contributed by atoms with Crippen molar-refractivity contribution in [3.05, 3.63) is 29.3 Å². The zero-order valence-corrected chi connectivity index (χ0v) is 12.1. The highest BCUT2D eigenvalue weighted by atomic mass is 32.1. The van der Waals surface area contributed by atoms with E-state index >= 15 is 0 Å². The molecule has 0 aromatic heterocycles. The minimum absolute atomic E-state index is 0.230. The van der Waals surface area contributed by atoms with Crippen LogP contribution in [0.2, 0.25) is 0 Å². The van der Waals surface area contributed by atoms with E-state index in [1.165, 1.54) is 0 Å². The number of nitrogens with zero attached hydrogens (tertiary/aromatic N) is 1. The molecule has 1 unspecified atom stereocenters. The number of benzene rings is 1. The van der Waals surface area contributed by atoms with E-state index in [2.05, 4.69) is 11.0 Å². The molecule has 0 spiro atoms. The molecule has 1 aromatic carbocycles. The van der Waals surface area contributed by atoms with Gasteiger partial charge in [0.05, 0.1) is 5.41 Å². The van der Waals surface area contributed by atoms with Crippen molar-refractivity contribution in [2.24, 2.45) is 16.9 Å². The van der Waals surface area contributed by atoms with Crippen LogP contribution in [0.5, 0.6) is 0 Å². The SMILES string of the molecule is Cc1cc(N2CCC(C)(C(N)=O)C2)ccc1C(N)=S. The normalized spacial score (nSPS) is 22.5. The fourth-order valence-corrected chi connectivity index (χ4v) is 2.73. The second-order valence-electron chi connectivity index (χ2n) is 5.46. The summed E-state index contributed by atoms with van der Waals surface area (Å²) in [5, 5.41) is 0. The van der Waals surface area contributed by atoms with Crippen molar-refractivity contribution in [3.8, 4) is 0 Å². The lowest BCUT2D eigenvalue weighted by Gasteiger charge is -2.23. The molecule has 1 aliphatic heterocycles. The Morgan fingerprint density at radius 1 is 1.42 bits per heavy atom. The standard InChI is InChI=1S/C14H19N3OS/c1-9-7-10(3-4-11(9)12(15)19)17-6-5-14(2,8-17)13(16)18/h3-4,7H,5-6,8H2,1-2H3,(H2,15,19)(H2,16,18). The van der Waals surface area contributed by atoms with Crippen molar-refractivity contribution < 1.29 is 4.79 Å². The van der Waals surface area contributed by atoms with Crippen molar-refractivity contribution in [2.75, 3.05) is 18.0 Å². The summed E-state index contributed by atoms with van der Waals surface area (Å²) in [4.78, 5) is 14.1. The Labute approximate surface area is 118 Å². The molecular formula is C14H19N3OS. The third-order valence-corrected chi connectivity index (χ3v) is 4.13. The molecule has 4 nitrogen and oxygen atoms in total. The number of anilines is 1. The van der Waals surface area contributed by atoms with E-state index in [0.29, 0.717) is 11.5 Å². The maximum Gasteiger partial charge on any atom is 0.225 e. The van der Waals surface area contributed by atoms with Gasteiger partial charge in [-0.3, -0.25) is 4.79 Å². The highest BCUT2D eigenvalue weighted by Gasteiger charge is 2.38. The van der Waals surface area contributed by atoms with Crippen LogP contribution in [-0.4, -0.2) is 24.0 Å². The summed E-state index contributed by atoms with van der Waals surface area (Å²) >= 11 is 5.00. The van der Waals surface area contributed by atoms with Crippen LogP contribution in [0.3, 0.4) is 0 Å². The van der Waals surface area contributed by atoms with Crippen LogP contribution in [-0.2, 0) is 4.79 Å². The van der Waals surface area contributed by atoms with Gasteiger partial charge in [-0.05, 0) is 44.0 Å². The lowest BCUT2D eigenvalue weighted by molar-refractivity contribution is -0.125. The van der Waals surface area contributed by atoms with Gasteiger partial charge in [0.15, 0.2) is 0 Å². The smallest absolute Gasteiger partial charge is 0.225 e. The molecule has 19 heavy (non-hydrogen) atoms. The van der Waals surface area contributed by atoms with Gasteiger partial charge in [-0.2, -0.15) is 0 Å². The summed E-state index contributed by atoms with van der Waals surface area (Å²) in [6, 6.07) is 5.99. The van der Waals surface area contributed by atoms with E-state index in [4.69, 9.17) is 23.7 Å². The Balaban J connectivity index is 2.23. The van der Waals surface area contributed by atoms with Crippen LogP contribution in [0.25, 0.3) is 0 Å². The average Bonchev–Trinajstić information content (AvgIpc) is 2.73. The van der Waals surface area contributed by atoms with E-state index in [-0.39, 0.29) is 5.91 Å². The molecule has 0 bridgehead atoms. The molecule has 0 radical (unpaired) electrons. The van der Waals surface area contributed by atoms with Crippen molar-refractivity contribution in [2.45, 2.75) is 20.3 Å². The summed E-state index contributed by atoms with van der Waals surface area (Å²) < 4.78 is 0. The number of nitrogens with two attached hydrogens (primary N) is 2. The molecule has 1 heterocycles. The fraction of sp³-hybridized carbons (Fsp3) is 0.429. The number of rotatable bonds is 3. The van der Waals surface area contributed by atoms with Gasteiger partial charge < -0.3 is 16.4 Å². The number of hydrogen-bond acceptors (Lipinski definition) is 3. The van der Waals surface area contributed by atoms with Gasteiger partial charge >= 0.3 is 0 Å². The highest BCUT2D eigenvalue weighted by Crippen LogP contribution is 2.33. The van der Waals surface area contributed by atoms with Gasteiger partial charge in [-0.25, -0.2) is 0 Å². The van der Waals surface area contributed by atoms with E-state index in [9.17, 15) is 4.79 Å². The topological polar surface area (TPSA) is 72.3 Å². The molecule has 1 saturated heterocycles. The minimum atomic E-state index is -0.435. The van der Waals surface area contributed by atoms with Crippen LogP contribution >= 0.6 is 12.2 Å². The van der Waals surface area contributed by atoms with Crippen LogP contribution in [0.1, 0.15) is 24.5 Å². The Morgan fingerprint density at radius 2 is 2.11 bits per heavy atom. The Kier molecular flexibility index (Phi) is 3.49. The zero-order chi connectivity index (χ0) is 14.2. The molecule has 2 rings (SSSR count). The number of carbonyl (C=O) groups excluding carboxylic acids is 1. The first-order valence-corrected chi connectivity index (χ1v) is 6.70. The van der Waals surface area contributed by atoms with Gasteiger partial charge in [0.1, 0.15) is 4.99 Å². The summed E-state index contributed by atoms with van der Waals surface area (Å²) in [6.45, 7) is 5.41. The molecular weight excluding hydrogens is 258 g/mol. The predicted molar refractivity (Wildman–Crippen MR) is 81.2 cm³/mol. The molecule has 1 fully saturated rings. The zero-order valence-electron chi connectivity index (χ0n) is 11.3. The van der Waals surface area contributed by atoms with Gasteiger partial charge in [0.25, 0.3) is 0 Å². The molecule has 4 N–H and O–H groups in total. The first-order chi connectivity index (χ1) is 8.83.